The Morgan fingerprint density at radius 1 is 0.968 bits per heavy atom. The van der Waals surface area contributed by atoms with Crippen molar-refractivity contribution >= 4 is 16.7 Å². The maximum absolute atomic E-state index is 12.5. The molecule has 1 aromatic heterocycles. The number of rotatable bonds is 4. The van der Waals surface area contributed by atoms with Gasteiger partial charge in [0.1, 0.15) is 11.4 Å². The Kier molecular flexibility index (Phi) is 5.00. The quantitative estimate of drug-likeness (QED) is 0.522. The van der Waals surface area contributed by atoms with Crippen LogP contribution in [0.1, 0.15) is 28.0 Å². The Hall–Kier alpha value is -3.86. The highest BCUT2D eigenvalue weighted by molar-refractivity contribution is 5.96. The minimum absolute atomic E-state index is 0.261. The van der Waals surface area contributed by atoms with E-state index in [0.29, 0.717) is 11.9 Å². The maximum atomic E-state index is 12.5. The molecule has 0 saturated carbocycles. The van der Waals surface area contributed by atoms with Crippen LogP contribution in [0.15, 0.2) is 77.6 Å². The molecule has 0 bridgehead atoms. The molecule has 2 heterocycles. The lowest BCUT2D eigenvalue weighted by molar-refractivity contribution is 0.0946. The molecule has 5 nitrogen and oxygen atoms in total. The fourth-order valence-electron chi connectivity index (χ4n) is 3.97. The molecular formula is C26H22N2O3. The minimum Gasteiger partial charge on any atom is -0.493 e. The van der Waals surface area contributed by atoms with Gasteiger partial charge in [-0.05, 0) is 64.7 Å². The molecule has 0 aliphatic carbocycles. The van der Waals surface area contributed by atoms with Crippen LogP contribution >= 0.6 is 0 Å². The van der Waals surface area contributed by atoms with E-state index < -0.39 is 0 Å². The van der Waals surface area contributed by atoms with Crippen LogP contribution in [0.5, 0.6) is 5.75 Å². The van der Waals surface area contributed by atoms with Crippen LogP contribution in [0.25, 0.3) is 21.9 Å². The third kappa shape index (κ3) is 3.94. The summed E-state index contributed by atoms with van der Waals surface area (Å²) in [5.41, 5.74) is 4.53. The molecule has 1 aliphatic heterocycles. The van der Waals surface area contributed by atoms with E-state index in [1.165, 1.54) is 5.56 Å². The first-order valence-electron chi connectivity index (χ1n) is 10.4. The molecule has 0 radical (unpaired) electrons. The Labute approximate surface area is 179 Å². The number of benzene rings is 3. The van der Waals surface area contributed by atoms with Crippen molar-refractivity contribution in [1.82, 2.24) is 10.3 Å². The molecule has 0 unspecified atom stereocenters. The molecule has 0 saturated heterocycles. The number of carbonyl (C=O) groups excluding carboxylic acids is 1. The van der Waals surface area contributed by atoms with Gasteiger partial charge in [0.15, 0.2) is 0 Å². The highest BCUT2D eigenvalue weighted by Crippen LogP contribution is 2.30. The van der Waals surface area contributed by atoms with Crippen molar-refractivity contribution in [3.8, 4) is 16.9 Å². The monoisotopic (exact) mass is 410 g/mol. The molecule has 5 rings (SSSR count). The summed E-state index contributed by atoms with van der Waals surface area (Å²) in [5, 5.41) is 4.20. The molecule has 4 aromatic rings. The third-order valence-corrected chi connectivity index (χ3v) is 5.65. The molecular weight excluding hydrogens is 388 g/mol. The molecule has 154 valence electrons. The van der Waals surface area contributed by atoms with Crippen LogP contribution < -0.4 is 15.6 Å². The van der Waals surface area contributed by atoms with Crippen LogP contribution in [0.3, 0.4) is 0 Å². The van der Waals surface area contributed by atoms with Crippen molar-refractivity contribution in [3.63, 3.8) is 0 Å². The number of hydrogen-bond acceptors (Lipinski definition) is 3. The molecule has 2 N–H and O–H groups in total. The largest absolute Gasteiger partial charge is 0.493 e. The predicted molar refractivity (Wildman–Crippen MR) is 121 cm³/mol. The van der Waals surface area contributed by atoms with Crippen molar-refractivity contribution in [2.24, 2.45) is 0 Å². The zero-order valence-electron chi connectivity index (χ0n) is 17.0. The number of aromatic amines is 1. The number of amides is 1. The summed E-state index contributed by atoms with van der Waals surface area (Å²) in [6.45, 7) is 1.17. The molecule has 1 aliphatic rings. The van der Waals surface area contributed by atoms with Crippen molar-refractivity contribution in [2.75, 3.05) is 6.61 Å². The molecule has 0 atom stereocenters. The second-order valence-corrected chi connectivity index (χ2v) is 7.75. The van der Waals surface area contributed by atoms with Gasteiger partial charge >= 0.3 is 0 Å². The molecule has 3 aromatic carbocycles. The topological polar surface area (TPSA) is 71.2 Å². The van der Waals surface area contributed by atoms with E-state index in [2.05, 4.69) is 34.6 Å². The number of carbonyl (C=O) groups is 1. The van der Waals surface area contributed by atoms with Gasteiger partial charge in [-0.15, -0.1) is 0 Å². The van der Waals surface area contributed by atoms with E-state index >= 15 is 0 Å². The molecule has 0 spiro atoms. The number of fused-ring (bicyclic) bond motifs is 2. The third-order valence-electron chi connectivity index (χ3n) is 5.65. The Morgan fingerprint density at radius 2 is 1.77 bits per heavy atom. The van der Waals surface area contributed by atoms with Gasteiger partial charge in [-0.25, -0.2) is 0 Å². The molecule has 31 heavy (non-hydrogen) atoms. The van der Waals surface area contributed by atoms with E-state index in [1.807, 2.05) is 30.3 Å². The van der Waals surface area contributed by atoms with Gasteiger partial charge in [-0.1, -0.05) is 48.5 Å². The zero-order chi connectivity index (χ0) is 21.2. The number of aryl methyl sites for hydroxylation is 1. The average molecular weight is 410 g/mol. The smallest absolute Gasteiger partial charge is 0.268 e. The normalized spacial score (nSPS) is 12.8. The summed E-state index contributed by atoms with van der Waals surface area (Å²) in [4.78, 5) is 27.4. The predicted octanol–water partition coefficient (Wildman–Crippen LogP) is 4.45. The minimum atomic E-state index is -0.304. The summed E-state index contributed by atoms with van der Waals surface area (Å²) in [6, 6.07) is 23.4. The van der Waals surface area contributed by atoms with Crippen molar-refractivity contribution < 1.29 is 9.53 Å². The Bertz CT molecular complexity index is 1320. The highest BCUT2D eigenvalue weighted by atomic mass is 16.5. The van der Waals surface area contributed by atoms with Crippen LogP contribution in [0.2, 0.25) is 0 Å². The number of pyridine rings is 1. The Morgan fingerprint density at radius 3 is 2.65 bits per heavy atom. The zero-order valence-corrected chi connectivity index (χ0v) is 17.0. The second-order valence-electron chi connectivity index (χ2n) is 7.75. The number of H-pyrrole nitrogens is 1. The first kappa shape index (κ1) is 19.1. The van der Waals surface area contributed by atoms with Gasteiger partial charge in [-0.2, -0.15) is 0 Å². The first-order chi connectivity index (χ1) is 15.2. The van der Waals surface area contributed by atoms with Crippen LogP contribution in [-0.4, -0.2) is 17.5 Å². The lowest BCUT2D eigenvalue weighted by atomic mass is 9.98. The second kappa shape index (κ2) is 8.11. The lowest BCUT2D eigenvalue weighted by Crippen LogP contribution is -2.26. The number of aromatic nitrogens is 1. The van der Waals surface area contributed by atoms with Crippen molar-refractivity contribution in [3.05, 3.63) is 100.0 Å². The van der Waals surface area contributed by atoms with E-state index in [9.17, 15) is 9.59 Å². The standard InChI is InChI=1S/C26H22N2O3/c29-25-22-6-2-1-4-20(22)15-23(28-25)26(30)27-16-17-7-9-18(10-8-17)19-11-12-24-21(14-19)5-3-13-31-24/h1-2,4,6-12,14-15H,3,5,13,16H2,(H,27,30)(H,28,29). The van der Waals surface area contributed by atoms with Crippen molar-refractivity contribution in [1.29, 1.82) is 0 Å². The number of hydrogen-bond donors (Lipinski definition) is 2. The summed E-state index contributed by atoms with van der Waals surface area (Å²) < 4.78 is 5.69. The van der Waals surface area contributed by atoms with Gasteiger partial charge in [-0.3, -0.25) is 9.59 Å². The fourth-order valence-corrected chi connectivity index (χ4v) is 3.97. The van der Waals surface area contributed by atoms with Crippen LogP contribution in [0.4, 0.5) is 0 Å². The van der Waals surface area contributed by atoms with Gasteiger partial charge in [0, 0.05) is 11.9 Å². The lowest BCUT2D eigenvalue weighted by Gasteiger charge is -2.18. The fraction of sp³-hybridized carbons (Fsp3) is 0.154. The van der Waals surface area contributed by atoms with E-state index in [4.69, 9.17) is 4.74 Å². The van der Waals surface area contributed by atoms with Gasteiger partial charge in [0.2, 0.25) is 0 Å². The van der Waals surface area contributed by atoms with E-state index in [0.717, 1.165) is 47.3 Å². The van der Waals surface area contributed by atoms with E-state index in [-0.39, 0.29) is 17.2 Å². The molecule has 5 heteroatoms. The first-order valence-corrected chi connectivity index (χ1v) is 10.4. The molecule has 1 amide bonds. The highest BCUT2D eigenvalue weighted by Gasteiger charge is 2.12. The number of nitrogens with one attached hydrogen (secondary N) is 2. The summed E-state index contributed by atoms with van der Waals surface area (Å²) in [6.07, 6.45) is 2.10. The van der Waals surface area contributed by atoms with E-state index in [1.54, 1.807) is 18.2 Å². The summed E-state index contributed by atoms with van der Waals surface area (Å²) in [7, 11) is 0. The van der Waals surface area contributed by atoms with Gasteiger partial charge in [0.05, 0.1) is 6.61 Å². The van der Waals surface area contributed by atoms with Crippen molar-refractivity contribution in [2.45, 2.75) is 19.4 Å². The Balaban J connectivity index is 1.28. The summed E-state index contributed by atoms with van der Waals surface area (Å²) in [5.74, 6) is 0.683. The average Bonchev–Trinajstić information content (AvgIpc) is 2.82. The summed E-state index contributed by atoms with van der Waals surface area (Å²) >= 11 is 0. The maximum Gasteiger partial charge on any atom is 0.268 e. The number of ether oxygens (including phenoxy) is 1. The van der Waals surface area contributed by atoms with Crippen LogP contribution in [0, 0.1) is 0 Å². The van der Waals surface area contributed by atoms with Gasteiger partial charge in [0.25, 0.3) is 11.5 Å². The van der Waals surface area contributed by atoms with Crippen LogP contribution in [-0.2, 0) is 13.0 Å². The van der Waals surface area contributed by atoms with Gasteiger partial charge < -0.3 is 15.0 Å². The SMILES string of the molecule is O=C(NCc1ccc(-c2ccc3c(c2)CCCO3)cc1)c1cc2ccccc2c(=O)[nH]1. The molecule has 0 fully saturated rings.